The molecular formula is C31H33BrClN3O4S. The molecule has 0 aromatic heterocycles. The molecule has 216 valence electrons. The standard InChI is InChI=1S/C31H33BrClN3O4S/c1-3-14-34(19-20-10-6-5-7-11-20)28(38)24-25-29(39)36(16-17-37)27(31(25)18-21(32)26(24)41-31)30(40)35(15-4-2)23-13-9-8-12-22(23)33/h3-13,21,24-27,37H,1-2,14-19H2/t21?,24-,25-,26-,27?,31?/m0/s1. The minimum Gasteiger partial charge on any atom is -0.395 e. The fourth-order valence-electron chi connectivity index (χ4n) is 6.70. The van der Waals surface area contributed by atoms with Gasteiger partial charge in [-0.1, -0.05) is 82.1 Å². The highest BCUT2D eigenvalue weighted by Gasteiger charge is 2.76. The molecular weight excluding hydrogens is 626 g/mol. The average Bonchev–Trinajstić information content (AvgIpc) is 3.55. The van der Waals surface area contributed by atoms with E-state index in [4.69, 9.17) is 11.6 Å². The molecule has 3 amide bonds. The smallest absolute Gasteiger partial charge is 0.251 e. The molecule has 5 rings (SSSR count). The molecule has 0 saturated carbocycles. The van der Waals surface area contributed by atoms with Crippen LogP contribution in [0.2, 0.25) is 5.02 Å². The second-order valence-corrected chi connectivity index (χ2v) is 13.7. The molecule has 3 aliphatic rings. The van der Waals surface area contributed by atoms with Crippen molar-refractivity contribution in [3.63, 3.8) is 0 Å². The zero-order valence-corrected chi connectivity index (χ0v) is 25.7. The van der Waals surface area contributed by atoms with E-state index >= 15 is 0 Å². The number of β-amino-alcohol motifs (C(OH)–C–C–N with tert-alkyl or cyclic N) is 1. The zero-order valence-electron chi connectivity index (χ0n) is 22.6. The fourth-order valence-corrected chi connectivity index (χ4v) is 10.5. The van der Waals surface area contributed by atoms with Gasteiger partial charge in [-0.2, -0.15) is 0 Å². The van der Waals surface area contributed by atoms with Crippen molar-refractivity contribution in [3.05, 3.63) is 90.5 Å². The van der Waals surface area contributed by atoms with Gasteiger partial charge in [0.15, 0.2) is 0 Å². The number of rotatable bonds is 11. The second kappa shape index (κ2) is 12.3. The Morgan fingerprint density at radius 1 is 1.10 bits per heavy atom. The molecule has 0 radical (unpaired) electrons. The molecule has 10 heteroatoms. The van der Waals surface area contributed by atoms with Crippen molar-refractivity contribution < 1.29 is 19.5 Å². The molecule has 2 bridgehead atoms. The van der Waals surface area contributed by atoms with Gasteiger partial charge in [0.2, 0.25) is 11.8 Å². The topological polar surface area (TPSA) is 81.2 Å². The lowest BCUT2D eigenvalue weighted by Crippen LogP contribution is -2.56. The summed E-state index contributed by atoms with van der Waals surface area (Å²) in [6, 6.07) is 15.9. The highest BCUT2D eigenvalue weighted by Crippen LogP contribution is 2.68. The Balaban J connectivity index is 1.55. The number of anilines is 1. The minimum atomic E-state index is -0.877. The number of hydrogen-bond acceptors (Lipinski definition) is 5. The maximum Gasteiger partial charge on any atom is 0.251 e. The molecule has 1 spiro atoms. The Labute approximate surface area is 258 Å². The van der Waals surface area contributed by atoms with Crippen LogP contribution < -0.4 is 4.90 Å². The predicted molar refractivity (Wildman–Crippen MR) is 167 cm³/mol. The van der Waals surface area contributed by atoms with E-state index in [0.29, 0.717) is 30.2 Å². The van der Waals surface area contributed by atoms with Crippen molar-refractivity contribution in [1.82, 2.24) is 9.80 Å². The van der Waals surface area contributed by atoms with Gasteiger partial charge in [0.05, 0.1) is 33.9 Å². The number of hydrogen-bond donors (Lipinski definition) is 1. The summed E-state index contributed by atoms with van der Waals surface area (Å²) >= 11 is 11.9. The van der Waals surface area contributed by atoms with Gasteiger partial charge in [0.1, 0.15) is 6.04 Å². The molecule has 41 heavy (non-hydrogen) atoms. The molecule has 3 heterocycles. The molecule has 6 atom stereocenters. The van der Waals surface area contributed by atoms with E-state index in [1.165, 1.54) is 4.90 Å². The van der Waals surface area contributed by atoms with E-state index in [0.717, 1.165) is 5.56 Å². The Morgan fingerprint density at radius 3 is 2.44 bits per heavy atom. The molecule has 0 aliphatic carbocycles. The number of carbonyl (C=O) groups is 3. The lowest BCUT2D eigenvalue weighted by atomic mass is 9.70. The number of aliphatic hydroxyl groups excluding tert-OH is 1. The molecule has 3 saturated heterocycles. The first kappa shape index (κ1) is 29.9. The Hall–Kier alpha value is -2.59. The van der Waals surface area contributed by atoms with Gasteiger partial charge in [-0.25, -0.2) is 0 Å². The minimum absolute atomic E-state index is 0.00256. The number of likely N-dealkylation sites (tertiary alicyclic amines) is 1. The first-order valence-electron chi connectivity index (χ1n) is 13.6. The van der Waals surface area contributed by atoms with E-state index in [1.807, 2.05) is 30.3 Å². The summed E-state index contributed by atoms with van der Waals surface area (Å²) in [6.45, 7) is 8.32. The number of fused-ring (bicyclic) bond motifs is 1. The molecule has 3 unspecified atom stereocenters. The van der Waals surface area contributed by atoms with Crippen LogP contribution in [0.3, 0.4) is 0 Å². The van der Waals surface area contributed by atoms with E-state index in [2.05, 4.69) is 29.1 Å². The van der Waals surface area contributed by atoms with Crippen molar-refractivity contribution in [2.45, 2.75) is 33.8 Å². The number of amides is 3. The van der Waals surface area contributed by atoms with Crippen LogP contribution in [0, 0.1) is 11.8 Å². The first-order chi connectivity index (χ1) is 19.8. The summed E-state index contributed by atoms with van der Waals surface area (Å²) in [5.41, 5.74) is 1.51. The van der Waals surface area contributed by atoms with E-state index in [9.17, 15) is 19.5 Å². The molecule has 3 aliphatic heterocycles. The quantitative estimate of drug-likeness (QED) is 0.284. The number of alkyl halides is 1. The number of carbonyl (C=O) groups excluding carboxylic acids is 3. The van der Waals surface area contributed by atoms with Gasteiger partial charge < -0.3 is 19.8 Å². The third-order valence-corrected chi connectivity index (χ3v) is 11.8. The van der Waals surface area contributed by atoms with Gasteiger partial charge in [0, 0.05) is 36.3 Å². The summed E-state index contributed by atoms with van der Waals surface area (Å²) in [6.07, 6.45) is 3.87. The summed E-state index contributed by atoms with van der Waals surface area (Å²) in [7, 11) is 0. The van der Waals surface area contributed by atoms with Crippen LogP contribution in [0.25, 0.3) is 0 Å². The van der Waals surface area contributed by atoms with E-state index in [1.54, 1.807) is 58.0 Å². The Kier molecular flexibility index (Phi) is 8.99. The van der Waals surface area contributed by atoms with E-state index in [-0.39, 0.29) is 47.5 Å². The number of thioether (sulfide) groups is 1. The number of benzene rings is 2. The van der Waals surface area contributed by atoms with Gasteiger partial charge in [-0.3, -0.25) is 14.4 Å². The van der Waals surface area contributed by atoms with E-state index < -0.39 is 22.6 Å². The summed E-state index contributed by atoms with van der Waals surface area (Å²) in [5, 5.41) is 10.2. The highest BCUT2D eigenvalue weighted by molar-refractivity contribution is 9.09. The maximum absolute atomic E-state index is 14.5. The van der Waals surface area contributed by atoms with Gasteiger partial charge in [-0.15, -0.1) is 24.9 Å². The molecule has 7 nitrogen and oxygen atoms in total. The van der Waals surface area contributed by atoms with Crippen molar-refractivity contribution in [2.24, 2.45) is 11.8 Å². The Bertz CT molecular complexity index is 1350. The lowest BCUT2D eigenvalue weighted by Gasteiger charge is -2.38. The number of para-hydroxylation sites is 1. The van der Waals surface area contributed by atoms with Crippen LogP contribution in [0.1, 0.15) is 12.0 Å². The molecule has 1 N–H and O–H groups in total. The lowest BCUT2D eigenvalue weighted by molar-refractivity contribution is -0.144. The van der Waals surface area contributed by atoms with Crippen LogP contribution >= 0.6 is 39.3 Å². The number of halogens is 2. The maximum atomic E-state index is 14.5. The van der Waals surface area contributed by atoms with Crippen molar-refractivity contribution in [1.29, 1.82) is 0 Å². The van der Waals surface area contributed by atoms with Gasteiger partial charge in [-0.05, 0) is 24.1 Å². The molecule has 2 aromatic carbocycles. The zero-order chi connectivity index (χ0) is 29.3. The first-order valence-corrected chi connectivity index (χ1v) is 15.8. The van der Waals surface area contributed by atoms with Crippen LogP contribution in [0.5, 0.6) is 0 Å². The summed E-state index contributed by atoms with van der Waals surface area (Å²) in [5.74, 6) is -2.00. The van der Waals surface area contributed by atoms with Crippen LogP contribution in [-0.4, -0.2) is 79.7 Å². The van der Waals surface area contributed by atoms with Gasteiger partial charge >= 0.3 is 0 Å². The normalized spacial score (nSPS) is 27.9. The SMILES string of the molecule is C=CCN(Cc1ccccc1)C(=O)[C@H]1[C@H]2C(=O)N(CCO)C(C(=O)N(CC=C)c3ccccc3Cl)C23CC(Br)[C@@H]1S3. The molecule has 3 fully saturated rings. The predicted octanol–water partition coefficient (Wildman–Crippen LogP) is 4.53. The van der Waals surface area contributed by atoms with Crippen molar-refractivity contribution >= 4 is 62.7 Å². The monoisotopic (exact) mass is 657 g/mol. The largest absolute Gasteiger partial charge is 0.395 e. The number of aliphatic hydroxyl groups is 1. The third kappa shape index (κ3) is 5.15. The molecule has 2 aromatic rings. The second-order valence-electron chi connectivity index (χ2n) is 10.6. The fraction of sp³-hybridized carbons (Fsp3) is 0.387. The van der Waals surface area contributed by atoms with Gasteiger partial charge in [0.25, 0.3) is 5.91 Å². The highest BCUT2D eigenvalue weighted by atomic mass is 79.9. The van der Waals surface area contributed by atoms with Crippen molar-refractivity contribution in [3.8, 4) is 0 Å². The third-order valence-electron chi connectivity index (χ3n) is 8.25. The van der Waals surface area contributed by atoms with Crippen molar-refractivity contribution in [2.75, 3.05) is 31.1 Å². The van der Waals surface area contributed by atoms with Crippen LogP contribution in [-0.2, 0) is 20.9 Å². The summed E-state index contributed by atoms with van der Waals surface area (Å²) < 4.78 is -0.838. The average molecular weight is 659 g/mol. The number of nitrogens with zero attached hydrogens (tertiary/aromatic N) is 3. The Morgan fingerprint density at radius 2 is 1.78 bits per heavy atom. The summed E-state index contributed by atoms with van der Waals surface area (Å²) in [4.78, 5) is 47.7. The van der Waals surface area contributed by atoms with Crippen LogP contribution in [0.15, 0.2) is 79.9 Å². The van der Waals surface area contributed by atoms with Crippen LogP contribution in [0.4, 0.5) is 5.69 Å².